The van der Waals surface area contributed by atoms with Crippen LogP contribution in [0.25, 0.3) is 0 Å². The number of carbonyl (C=O) groups is 2. The standard InChI is InChI=1S/C15H14N4O4S2/c1-7-8(2)25-14(11(7)12(16)20)18-15(24)17-13(21)9-5-3-4-6-10(9)19(22)23/h3-6H,1-2H3,(H2,16,20)(H2,17,18,21,24). The molecule has 0 radical (unpaired) electrons. The van der Waals surface area contributed by atoms with E-state index in [1.807, 2.05) is 6.92 Å². The number of hydrogen-bond acceptors (Lipinski definition) is 6. The first-order valence-corrected chi connectivity index (χ1v) is 8.20. The number of thiocarbonyl (C=S) groups is 1. The predicted molar refractivity (Wildman–Crippen MR) is 99.1 cm³/mol. The van der Waals surface area contributed by atoms with Gasteiger partial charge in [0, 0.05) is 10.9 Å². The molecule has 0 spiro atoms. The monoisotopic (exact) mass is 378 g/mol. The van der Waals surface area contributed by atoms with Crippen LogP contribution in [-0.2, 0) is 0 Å². The van der Waals surface area contributed by atoms with E-state index >= 15 is 0 Å². The van der Waals surface area contributed by atoms with Crippen molar-refractivity contribution < 1.29 is 14.5 Å². The number of hydrogen-bond donors (Lipinski definition) is 3. The van der Waals surface area contributed by atoms with Crippen LogP contribution in [0.15, 0.2) is 24.3 Å². The number of primary amides is 1. The van der Waals surface area contributed by atoms with Gasteiger partial charge in [-0.25, -0.2) is 0 Å². The summed E-state index contributed by atoms with van der Waals surface area (Å²) in [6, 6.07) is 5.52. The molecule has 1 aromatic carbocycles. The molecule has 0 bridgehead atoms. The van der Waals surface area contributed by atoms with Crippen molar-refractivity contribution in [3.8, 4) is 0 Å². The van der Waals surface area contributed by atoms with Gasteiger partial charge in [0.15, 0.2) is 5.11 Å². The Bertz CT molecular complexity index is 892. The summed E-state index contributed by atoms with van der Waals surface area (Å²) in [5.74, 6) is -1.34. The molecule has 4 N–H and O–H groups in total. The Balaban J connectivity index is 2.19. The Morgan fingerprint density at radius 3 is 2.52 bits per heavy atom. The zero-order valence-electron chi connectivity index (χ0n) is 13.3. The van der Waals surface area contributed by atoms with Crippen LogP contribution in [0.1, 0.15) is 31.2 Å². The quantitative estimate of drug-likeness (QED) is 0.426. The van der Waals surface area contributed by atoms with Crippen molar-refractivity contribution in [1.82, 2.24) is 5.32 Å². The van der Waals surface area contributed by atoms with Crippen molar-refractivity contribution in [3.05, 3.63) is 55.9 Å². The Labute approximate surface area is 152 Å². The number of anilines is 1. The Hall–Kier alpha value is -2.85. The molecule has 0 atom stereocenters. The lowest BCUT2D eigenvalue weighted by Gasteiger charge is -2.09. The predicted octanol–water partition coefficient (Wildman–Crippen LogP) is 2.50. The van der Waals surface area contributed by atoms with Gasteiger partial charge in [-0.2, -0.15) is 0 Å². The summed E-state index contributed by atoms with van der Waals surface area (Å²) < 4.78 is 0. The average molecular weight is 378 g/mol. The first kappa shape index (κ1) is 18.5. The molecule has 0 aliphatic rings. The molecular weight excluding hydrogens is 364 g/mol. The second kappa shape index (κ2) is 7.36. The van der Waals surface area contributed by atoms with E-state index in [1.54, 1.807) is 6.92 Å². The highest BCUT2D eigenvalue weighted by Gasteiger charge is 2.22. The third kappa shape index (κ3) is 3.98. The number of aryl methyl sites for hydroxylation is 1. The molecule has 2 rings (SSSR count). The Morgan fingerprint density at radius 2 is 1.92 bits per heavy atom. The maximum atomic E-state index is 12.2. The molecule has 2 aromatic rings. The number of nitrogens with zero attached hydrogens (tertiary/aromatic N) is 1. The van der Waals surface area contributed by atoms with E-state index in [1.165, 1.54) is 35.6 Å². The number of nitrogens with one attached hydrogen (secondary N) is 2. The van der Waals surface area contributed by atoms with Crippen molar-refractivity contribution in [2.75, 3.05) is 5.32 Å². The summed E-state index contributed by atoms with van der Waals surface area (Å²) >= 11 is 6.33. The van der Waals surface area contributed by atoms with Gasteiger partial charge >= 0.3 is 0 Å². The van der Waals surface area contributed by atoms with E-state index < -0.39 is 16.7 Å². The number of benzene rings is 1. The van der Waals surface area contributed by atoms with Crippen molar-refractivity contribution >= 4 is 51.2 Å². The van der Waals surface area contributed by atoms with Crippen LogP contribution in [0, 0.1) is 24.0 Å². The minimum Gasteiger partial charge on any atom is -0.365 e. The molecule has 25 heavy (non-hydrogen) atoms. The lowest BCUT2D eigenvalue weighted by molar-refractivity contribution is -0.385. The minimum absolute atomic E-state index is 0.0908. The van der Waals surface area contributed by atoms with E-state index in [2.05, 4.69) is 10.6 Å². The zero-order chi connectivity index (χ0) is 18.7. The van der Waals surface area contributed by atoms with E-state index in [0.29, 0.717) is 10.6 Å². The molecule has 0 aliphatic carbocycles. The van der Waals surface area contributed by atoms with E-state index in [-0.39, 0.29) is 16.4 Å². The molecule has 130 valence electrons. The number of carbonyl (C=O) groups excluding carboxylic acids is 2. The number of nitrogens with two attached hydrogens (primary N) is 1. The Morgan fingerprint density at radius 1 is 1.28 bits per heavy atom. The van der Waals surface area contributed by atoms with Crippen molar-refractivity contribution in [1.29, 1.82) is 0 Å². The van der Waals surface area contributed by atoms with Crippen LogP contribution in [0.3, 0.4) is 0 Å². The molecule has 1 heterocycles. The largest absolute Gasteiger partial charge is 0.365 e. The first-order chi connectivity index (χ1) is 11.7. The maximum Gasteiger partial charge on any atom is 0.282 e. The third-order valence-corrected chi connectivity index (χ3v) is 4.76. The summed E-state index contributed by atoms with van der Waals surface area (Å²) in [6.45, 7) is 3.58. The molecule has 0 unspecified atom stereocenters. The maximum absolute atomic E-state index is 12.2. The van der Waals surface area contributed by atoms with Gasteiger partial charge in [0.2, 0.25) is 0 Å². The molecule has 1 aromatic heterocycles. The Kier molecular flexibility index (Phi) is 5.45. The fourth-order valence-electron chi connectivity index (χ4n) is 2.14. The summed E-state index contributed by atoms with van der Waals surface area (Å²) in [7, 11) is 0. The second-order valence-corrected chi connectivity index (χ2v) is 6.67. The molecule has 2 amide bonds. The summed E-state index contributed by atoms with van der Waals surface area (Å²) in [4.78, 5) is 35.0. The normalized spacial score (nSPS) is 10.2. The number of nitro benzene ring substituents is 1. The van der Waals surface area contributed by atoms with Gasteiger partial charge in [-0.15, -0.1) is 11.3 Å². The fourth-order valence-corrected chi connectivity index (χ4v) is 3.47. The van der Waals surface area contributed by atoms with Gasteiger partial charge in [-0.1, -0.05) is 12.1 Å². The van der Waals surface area contributed by atoms with Crippen molar-refractivity contribution in [3.63, 3.8) is 0 Å². The molecule has 0 saturated heterocycles. The number of nitro groups is 1. The summed E-state index contributed by atoms with van der Waals surface area (Å²) in [6.07, 6.45) is 0. The minimum atomic E-state index is -0.726. The van der Waals surface area contributed by atoms with Gasteiger partial charge < -0.3 is 11.1 Å². The number of amides is 2. The molecule has 10 heteroatoms. The van der Waals surface area contributed by atoms with Gasteiger partial charge in [0.1, 0.15) is 10.6 Å². The van der Waals surface area contributed by atoms with Gasteiger partial charge in [-0.3, -0.25) is 25.0 Å². The first-order valence-electron chi connectivity index (χ1n) is 6.98. The molecular formula is C15H14N4O4S2. The van der Waals surface area contributed by atoms with Crippen molar-refractivity contribution in [2.24, 2.45) is 5.73 Å². The lowest BCUT2D eigenvalue weighted by atomic mass is 10.1. The molecule has 8 nitrogen and oxygen atoms in total. The van der Waals surface area contributed by atoms with Crippen LogP contribution < -0.4 is 16.4 Å². The number of thiophene rings is 1. The van der Waals surface area contributed by atoms with Gasteiger partial charge in [0.05, 0.1) is 10.5 Å². The van der Waals surface area contributed by atoms with E-state index in [4.69, 9.17) is 18.0 Å². The van der Waals surface area contributed by atoms with Gasteiger partial charge in [-0.05, 0) is 37.7 Å². The topological polar surface area (TPSA) is 127 Å². The van der Waals surface area contributed by atoms with Crippen LogP contribution in [-0.4, -0.2) is 21.9 Å². The van der Waals surface area contributed by atoms with Crippen LogP contribution in [0.2, 0.25) is 0 Å². The number of para-hydroxylation sites is 1. The number of rotatable bonds is 4. The molecule has 0 aliphatic heterocycles. The smallest absolute Gasteiger partial charge is 0.282 e. The van der Waals surface area contributed by atoms with E-state index in [9.17, 15) is 19.7 Å². The second-order valence-electron chi connectivity index (χ2n) is 5.03. The summed E-state index contributed by atoms with van der Waals surface area (Å²) in [5.41, 5.74) is 5.95. The van der Waals surface area contributed by atoms with Crippen LogP contribution >= 0.6 is 23.6 Å². The third-order valence-electron chi connectivity index (χ3n) is 3.43. The zero-order valence-corrected chi connectivity index (χ0v) is 14.9. The fraction of sp³-hybridized carbons (Fsp3) is 0.133. The summed E-state index contributed by atoms with van der Waals surface area (Å²) in [5, 5.41) is 16.4. The SMILES string of the molecule is Cc1sc(NC(=S)NC(=O)c2ccccc2[N+](=O)[O-])c(C(N)=O)c1C. The van der Waals surface area contributed by atoms with E-state index in [0.717, 1.165) is 10.4 Å². The molecule has 0 saturated carbocycles. The average Bonchev–Trinajstić information content (AvgIpc) is 2.81. The van der Waals surface area contributed by atoms with Crippen LogP contribution in [0.5, 0.6) is 0 Å². The van der Waals surface area contributed by atoms with Gasteiger partial charge in [0.25, 0.3) is 17.5 Å². The highest BCUT2D eigenvalue weighted by atomic mass is 32.1. The highest BCUT2D eigenvalue weighted by molar-refractivity contribution is 7.80. The van der Waals surface area contributed by atoms with Crippen LogP contribution in [0.4, 0.5) is 10.7 Å². The molecule has 0 fully saturated rings. The van der Waals surface area contributed by atoms with Crippen molar-refractivity contribution in [2.45, 2.75) is 13.8 Å². The lowest BCUT2D eigenvalue weighted by Crippen LogP contribution is -2.34. The highest BCUT2D eigenvalue weighted by Crippen LogP contribution is 2.32.